The van der Waals surface area contributed by atoms with Crippen LogP contribution in [0.5, 0.6) is 0 Å². The molecule has 2 aliphatic rings. The molecular weight excluding hydrogens is 186 g/mol. The Kier molecular flexibility index (Phi) is 1.91. The lowest BCUT2D eigenvalue weighted by molar-refractivity contribution is 0.263. The Labute approximate surface area is 90.8 Å². The molecule has 0 aromatic heterocycles. The molecule has 2 aliphatic heterocycles. The van der Waals surface area contributed by atoms with Crippen molar-refractivity contribution in [3.63, 3.8) is 0 Å². The molecule has 2 atom stereocenters. The van der Waals surface area contributed by atoms with Crippen molar-refractivity contribution >= 4 is 0 Å². The highest BCUT2D eigenvalue weighted by Gasteiger charge is 2.59. The quantitative estimate of drug-likeness (QED) is 0.648. The number of likely N-dealkylation sites (tertiary alicyclic amines) is 1. The van der Waals surface area contributed by atoms with E-state index in [1.807, 2.05) is 0 Å². The van der Waals surface area contributed by atoms with Crippen LogP contribution >= 0.6 is 0 Å². The van der Waals surface area contributed by atoms with Gasteiger partial charge < -0.3 is 9.64 Å². The lowest BCUT2D eigenvalue weighted by atomic mass is 9.88. The van der Waals surface area contributed by atoms with Gasteiger partial charge in [-0.3, -0.25) is 0 Å². The number of likely N-dealkylation sites (N-methyl/N-ethyl adjacent to an activating group) is 1. The summed E-state index contributed by atoms with van der Waals surface area (Å²) in [7, 11) is 2.17. The zero-order valence-corrected chi connectivity index (χ0v) is 9.36. The molecule has 0 saturated carbocycles. The lowest BCUT2D eigenvalue weighted by Gasteiger charge is -2.25. The first-order chi connectivity index (χ1) is 7.21. The second-order valence-electron chi connectivity index (χ2n) is 4.88. The second-order valence-corrected chi connectivity index (χ2v) is 4.88. The number of benzene rings is 1. The molecule has 0 radical (unpaired) electrons. The summed E-state index contributed by atoms with van der Waals surface area (Å²) in [5, 5.41) is 0. The van der Waals surface area contributed by atoms with Crippen LogP contribution in [0.15, 0.2) is 24.3 Å². The van der Waals surface area contributed by atoms with Gasteiger partial charge in [-0.15, -0.1) is 0 Å². The van der Waals surface area contributed by atoms with Gasteiger partial charge in [0.05, 0.1) is 0 Å². The minimum atomic E-state index is 0.0680. The molecule has 2 heteroatoms. The van der Waals surface area contributed by atoms with Gasteiger partial charge in [-0.05, 0) is 26.0 Å². The maximum absolute atomic E-state index is 5.94. The first-order valence-corrected chi connectivity index (χ1v) is 5.64. The predicted molar refractivity (Wildman–Crippen MR) is 59.8 cm³/mol. The van der Waals surface area contributed by atoms with E-state index in [1.54, 1.807) is 0 Å². The molecule has 0 N–H and O–H groups in total. The Morgan fingerprint density at radius 3 is 3.07 bits per heavy atom. The summed E-state index contributed by atoms with van der Waals surface area (Å²) in [6.45, 7) is 4.37. The Balaban J connectivity index is 1.90. The molecule has 0 bridgehead atoms. The summed E-state index contributed by atoms with van der Waals surface area (Å²) in [5.74, 6) is 0. The summed E-state index contributed by atoms with van der Waals surface area (Å²) in [6.07, 6.45) is 1.57. The van der Waals surface area contributed by atoms with Crippen LogP contribution in [0.2, 0.25) is 0 Å². The monoisotopic (exact) mass is 203 g/mol. The molecule has 2 nitrogen and oxygen atoms in total. The number of fused-ring (bicyclic) bond motifs is 1. The van der Waals surface area contributed by atoms with E-state index >= 15 is 0 Å². The summed E-state index contributed by atoms with van der Waals surface area (Å²) in [6, 6.07) is 8.76. The molecule has 0 amide bonds. The van der Waals surface area contributed by atoms with E-state index < -0.39 is 0 Å². The second kappa shape index (κ2) is 3.06. The van der Waals surface area contributed by atoms with Crippen LogP contribution in [-0.2, 0) is 10.3 Å². The van der Waals surface area contributed by atoms with Crippen molar-refractivity contribution in [3.8, 4) is 0 Å². The summed E-state index contributed by atoms with van der Waals surface area (Å²) in [4.78, 5) is 2.35. The zero-order chi connectivity index (χ0) is 10.5. The fraction of sp³-hybridized carbons (Fsp3) is 0.538. The highest BCUT2D eigenvalue weighted by atomic mass is 16.6. The van der Waals surface area contributed by atoms with E-state index in [2.05, 4.69) is 43.1 Å². The van der Waals surface area contributed by atoms with E-state index in [1.165, 1.54) is 11.1 Å². The van der Waals surface area contributed by atoms with Gasteiger partial charge >= 0.3 is 0 Å². The van der Waals surface area contributed by atoms with E-state index in [9.17, 15) is 0 Å². The number of epoxide rings is 1. The van der Waals surface area contributed by atoms with Crippen LogP contribution in [0, 0.1) is 6.92 Å². The number of hydrogen-bond donors (Lipinski definition) is 0. The van der Waals surface area contributed by atoms with Crippen molar-refractivity contribution in [3.05, 3.63) is 35.4 Å². The molecule has 2 fully saturated rings. The minimum absolute atomic E-state index is 0.0680. The summed E-state index contributed by atoms with van der Waals surface area (Å²) < 4.78 is 5.94. The molecule has 80 valence electrons. The van der Waals surface area contributed by atoms with Gasteiger partial charge in [0.25, 0.3) is 0 Å². The third-order valence-corrected chi connectivity index (χ3v) is 3.66. The molecule has 2 heterocycles. The molecule has 2 saturated heterocycles. The number of piperidine rings is 1. The predicted octanol–water partition coefficient (Wildman–Crippen LogP) is 1.92. The van der Waals surface area contributed by atoms with Crippen LogP contribution in [0.4, 0.5) is 0 Å². The summed E-state index contributed by atoms with van der Waals surface area (Å²) in [5.41, 5.74) is 2.77. The van der Waals surface area contributed by atoms with Crippen LogP contribution in [0.25, 0.3) is 0 Å². The molecule has 1 aromatic rings. The molecular formula is C13H17NO. The molecule has 1 aromatic carbocycles. The first kappa shape index (κ1) is 9.37. The first-order valence-electron chi connectivity index (χ1n) is 5.64. The van der Waals surface area contributed by atoms with Crippen molar-refractivity contribution in [1.82, 2.24) is 4.90 Å². The zero-order valence-electron chi connectivity index (χ0n) is 9.36. The van der Waals surface area contributed by atoms with E-state index in [0.29, 0.717) is 6.10 Å². The Hall–Kier alpha value is -0.860. The topological polar surface area (TPSA) is 15.8 Å². The van der Waals surface area contributed by atoms with Gasteiger partial charge in [0, 0.05) is 13.1 Å². The highest BCUT2D eigenvalue weighted by molar-refractivity contribution is 5.33. The van der Waals surface area contributed by atoms with Crippen LogP contribution in [-0.4, -0.2) is 31.1 Å². The maximum atomic E-state index is 5.94. The Morgan fingerprint density at radius 2 is 2.33 bits per heavy atom. The number of aryl methyl sites for hydroxylation is 1. The van der Waals surface area contributed by atoms with Crippen LogP contribution in [0.3, 0.4) is 0 Å². The average molecular weight is 203 g/mol. The molecule has 15 heavy (non-hydrogen) atoms. The minimum Gasteiger partial charge on any atom is -0.360 e. The van der Waals surface area contributed by atoms with Gasteiger partial charge in [0.1, 0.15) is 11.7 Å². The van der Waals surface area contributed by atoms with Crippen molar-refractivity contribution in [1.29, 1.82) is 0 Å². The normalized spacial score (nSPS) is 34.9. The van der Waals surface area contributed by atoms with Crippen molar-refractivity contribution in [2.75, 3.05) is 20.1 Å². The third-order valence-electron chi connectivity index (χ3n) is 3.66. The van der Waals surface area contributed by atoms with E-state index in [0.717, 1.165) is 19.5 Å². The third kappa shape index (κ3) is 1.40. The summed E-state index contributed by atoms with van der Waals surface area (Å²) >= 11 is 0. The van der Waals surface area contributed by atoms with E-state index in [4.69, 9.17) is 4.74 Å². The number of nitrogens with zero attached hydrogens (tertiary/aromatic N) is 1. The van der Waals surface area contributed by atoms with Crippen LogP contribution < -0.4 is 0 Å². The lowest BCUT2D eigenvalue weighted by Crippen LogP contribution is -2.35. The number of rotatable bonds is 1. The number of ether oxygens (including phenoxy) is 1. The Morgan fingerprint density at radius 1 is 1.47 bits per heavy atom. The van der Waals surface area contributed by atoms with Crippen LogP contribution in [0.1, 0.15) is 17.5 Å². The Bertz CT molecular complexity index is 390. The van der Waals surface area contributed by atoms with Gasteiger partial charge in [-0.2, -0.15) is 0 Å². The SMILES string of the molecule is Cc1cccc(C23CCN(C)CC2O3)c1. The maximum Gasteiger partial charge on any atom is 0.122 e. The average Bonchev–Trinajstić information content (AvgIpc) is 2.92. The highest BCUT2D eigenvalue weighted by Crippen LogP contribution is 2.51. The fourth-order valence-electron chi connectivity index (χ4n) is 2.66. The standard InChI is InChI=1S/C13H17NO/c1-10-4-3-5-11(8-10)13-6-7-14(2)9-12(13)15-13/h3-5,8,12H,6-7,9H2,1-2H3. The van der Waals surface area contributed by atoms with Gasteiger partial charge in [-0.25, -0.2) is 0 Å². The van der Waals surface area contributed by atoms with Crippen molar-refractivity contribution in [2.45, 2.75) is 25.0 Å². The van der Waals surface area contributed by atoms with Crippen molar-refractivity contribution in [2.24, 2.45) is 0 Å². The number of hydrogen-bond acceptors (Lipinski definition) is 2. The van der Waals surface area contributed by atoms with Gasteiger partial charge in [-0.1, -0.05) is 29.8 Å². The van der Waals surface area contributed by atoms with Gasteiger partial charge in [0.2, 0.25) is 0 Å². The smallest absolute Gasteiger partial charge is 0.122 e. The van der Waals surface area contributed by atoms with Gasteiger partial charge in [0.15, 0.2) is 0 Å². The van der Waals surface area contributed by atoms with Crippen molar-refractivity contribution < 1.29 is 4.74 Å². The largest absolute Gasteiger partial charge is 0.360 e. The van der Waals surface area contributed by atoms with E-state index in [-0.39, 0.29) is 5.60 Å². The molecule has 0 aliphatic carbocycles. The molecule has 3 rings (SSSR count). The molecule has 0 spiro atoms. The fourth-order valence-corrected chi connectivity index (χ4v) is 2.66. The molecule has 2 unspecified atom stereocenters.